The van der Waals surface area contributed by atoms with Gasteiger partial charge in [0.05, 0.1) is 0 Å². The smallest absolute Gasteiger partial charge is 0 e. The average molecular weight is 391 g/mol. The van der Waals surface area contributed by atoms with Gasteiger partial charge in [-0.3, -0.25) is 0 Å². The van der Waals surface area contributed by atoms with E-state index in [2.05, 4.69) is 51.9 Å². The molecule has 2 aromatic carbocycles. The first-order valence-electron chi connectivity index (χ1n) is 7.20. The summed E-state index contributed by atoms with van der Waals surface area (Å²) in [4.78, 5) is 2.15. The summed E-state index contributed by atoms with van der Waals surface area (Å²) < 4.78 is 22.5. The van der Waals surface area contributed by atoms with E-state index in [0.717, 1.165) is 11.1 Å². The van der Waals surface area contributed by atoms with Crippen LogP contribution in [-0.4, -0.2) is 24.1 Å². The zero-order chi connectivity index (χ0) is 19.8. The van der Waals surface area contributed by atoms with Crippen molar-refractivity contribution in [1.82, 2.24) is 4.90 Å². The summed E-state index contributed by atoms with van der Waals surface area (Å²) in [7, 11) is 4.10. The van der Waals surface area contributed by atoms with Crippen LogP contribution in [0.15, 0.2) is 54.6 Å². The predicted octanol–water partition coefficient (Wildman–Crippen LogP) is 3.28. The molecule has 0 unspecified atom stereocenters. The Bertz CT molecular complexity index is 639. The Labute approximate surface area is 165 Å². The van der Waals surface area contributed by atoms with Crippen LogP contribution in [0.3, 0.4) is 0 Å². The Morgan fingerprint density at radius 1 is 0.769 bits per heavy atom. The van der Waals surface area contributed by atoms with Gasteiger partial charge in [0, 0.05) is 23.4 Å². The molecular weight excluding hydrogens is 370 g/mol. The van der Waals surface area contributed by atoms with Gasteiger partial charge in [0.2, 0.25) is 0 Å². The molecule has 6 heteroatoms. The van der Waals surface area contributed by atoms with Gasteiger partial charge in [-0.05, 0) is 37.7 Å². The van der Waals surface area contributed by atoms with Crippen LogP contribution in [0.4, 0.5) is 0 Å². The number of benzene rings is 2. The molecule has 136 valence electrons. The van der Waals surface area contributed by atoms with E-state index >= 15 is 0 Å². The third kappa shape index (κ3) is 8.99. The zero-order valence-corrected chi connectivity index (χ0v) is 16.2. The maximum atomic E-state index is 10.6. The average Bonchev–Trinajstić information content (AvgIpc) is 2.72. The molecule has 0 aliphatic heterocycles. The molecule has 2 atom stereocenters. The summed E-state index contributed by atoms with van der Waals surface area (Å²) in [5, 5.41) is 10.6. The molecule has 0 bridgehead atoms. The van der Waals surface area contributed by atoms with E-state index in [0.29, 0.717) is 0 Å². The Balaban J connectivity index is -0.000000686. The van der Waals surface area contributed by atoms with Crippen molar-refractivity contribution < 1.29 is 36.4 Å². The molecule has 0 saturated carbocycles. The Hall–Kier alpha value is -1.89. The van der Waals surface area contributed by atoms with Crippen molar-refractivity contribution in [3.8, 4) is 0 Å². The molecule has 2 aromatic rings. The van der Waals surface area contributed by atoms with Crippen LogP contribution in [0, 0.1) is 20.0 Å². The topological polar surface area (TPSA) is 83.2 Å². The number of nitrogens with zero attached hydrogens (tertiary/aromatic N) is 1. The van der Waals surface area contributed by atoms with Crippen molar-refractivity contribution in [3.63, 3.8) is 0 Å². The summed E-state index contributed by atoms with van der Waals surface area (Å²) in [6.07, 6.45) is -0.570. The first-order valence-corrected chi connectivity index (χ1v) is 7.20. The summed E-state index contributed by atoms with van der Waals surface area (Å²) in [5.41, 5.74) is 3.08. The van der Waals surface area contributed by atoms with Crippen LogP contribution in [0.25, 0.3) is 0 Å². The molecular formula is C20H21CrNO4. The van der Waals surface area contributed by atoms with Crippen LogP contribution in [-0.2, 0) is 31.3 Å². The van der Waals surface area contributed by atoms with Crippen molar-refractivity contribution in [3.05, 3.63) is 91.2 Å². The Morgan fingerprint density at radius 2 is 1.15 bits per heavy atom. The Morgan fingerprint density at radius 3 is 1.58 bits per heavy atom. The molecule has 0 radical (unpaired) electrons. The number of hydrogen-bond acceptors (Lipinski definition) is 2. The number of hydrogen-bond donors (Lipinski definition) is 1. The van der Waals surface area contributed by atoms with Crippen LogP contribution in [0.5, 0.6) is 0 Å². The molecule has 0 heterocycles. The maximum absolute atomic E-state index is 10.6. The molecule has 0 aromatic heterocycles. The van der Waals surface area contributed by atoms with Gasteiger partial charge >= 0.3 is 33.9 Å². The molecule has 5 nitrogen and oxygen atoms in total. The molecule has 2 rings (SSSR count). The monoisotopic (exact) mass is 391 g/mol. The van der Waals surface area contributed by atoms with Gasteiger partial charge in [0.15, 0.2) is 0 Å². The summed E-state index contributed by atoms with van der Waals surface area (Å²) in [6.45, 7) is 15.6. The summed E-state index contributed by atoms with van der Waals surface area (Å²) >= 11 is 0. The first kappa shape index (κ1) is 28.9. The molecule has 0 aliphatic rings. The van der Waals surface area contributed by atoms with E-state index in [1.54, 1.807) is 0 Å². The van der Waals surface area contributed by atoms with E-state index in [1.165, 1.54) is 5.56 Å². The molecule has 26 heavy (non-hydrogen) atoms. The fourth-order valence-corrected chi connectivity index (χ4v) is 2.23. The van der Waals surface area contributed by atoms with Gasteiger partial charge in [-0.1, -0.05) is 54.6 Å². The van der Waals surface area contributed by atoms with Crippen molar-refractivity contribution in [2.45, 2.75) is 19.1 Å². The number of aliphatic hydroxyl groups is 1. The molecule has 0 saturated heterocycles. The molecule has 0 aliphatic carbocycles. The van der Waals surface area contributed by atoms with Crippen molar-refractivity contribution in [2.24, 2.45) is 0 Å². The van der Waals surface area contributed by atoms with Gasteiger partial charge in [0.1, 0.15) is 6.10 Å². The zero-order valence-electron chi connectivity index (χ0n) is 14.9. The van der Waals surface area contributed by atoms with Gasteiger partial charge in [-0.25, -0.2) is 0 Å². The van der Waals surface area contributed by atoms with Crippen LogP contribution >= 0.6 is 0 Å². The van der Waals surface area contributed by atoms with E-state index in [1.807, 2.05) is 48.5 Å². The third-order valence-corrected chi connectivity index (χ3v) is 3.63. The molecule has 1 N–H and O–H groups in total. The predicted molar refractivity (Wildman–Crippen MR) is 90.8 cm³/mol. The van der Waals surface area contributed by atoms with Gasteiger partial charge < -0.3 is 10.0 Å². The fourth-order valence-electron chi connectivity index (χ4n) is 2.23. The van der Waals surface area contributed by atoms with Crippen LogP contribution in [0.1, 0.15) is 35.8 Å². The molecule has 0 fully saturated rings. The second-order valence-corrected chi connectivity index (χ2v) is 5.08. The van der Waals surface area contributed by atoms with Crippen molar-refractivity contribution >= 4 is 0 Å². The standard InChI is InChI=1S/C17H21NO.3CO.Cr/c1-13(18(2)3)15-11-7-8-12-16(15)17(19)14-9-5-4-6-10-14;3*1-2;/h4-13,17,19H,1-3H3;;;;/t13-,17+;;;;/m1..../s1. The van der Waals surface area contributed by atoms with E-state index in [4.69, 9.17) is 14.0 Å². The van der Waals surface area contributed by atoms with E-state index < -0.39 is 6.10 Å². The molecule has 0 amide bonds. The SMILES string of the molecule is C[C@H](c1ccccc1[C@@H](O)c1ccccc1)N(C)C.[C-]#[O+].[C-]#[O+].[C-]#[O+].[Cr]. The van der Waals surface area contributed by atoms with Crippen molar-refractivity contribution in [2.75, 3.05) is 14.1 Å². The van der Waals surface area contributed by atoms with Crippen LogP contribution in [0.2, 0.25) is 0 Å². The van der Waals surface area contributed by atoms with Gasteiger partial charge in [0.25, 0.3) is 0 Å². The van der Waals surface area contributed by atoms with E-state index in [9.17, 15) is 5.11 Å². The van der Waals surface area contributed by atoms with Gasteiger partial charge in [-0.2, -0.15) is 0 Å². The number of rotatable bonds is 4. The normalized spacial score (nSPS) is 10.7. The minimum Gasteiger partial charge on any atom is 0 e. The minimum atomic E-state index is -0.570. The quantitative estimate of drug-likeness (QED) is 0.641. The Kier molecular flexibility index (Phi) is 19.9. The summed E-state index contributed by atoms with van der Waals surface area (Å²) in [5.74, 6) is 0. The molecule has 0 spiro atoms. The first-order chi connectivity index (χ1) is 12.1. The third-order valence-electron chi connectivity index (χ3n) is 3.63. The second kappa shape index (κ2) is 17.9. The largest absolute Gasteiger partial charge is 0 e. The minimum absolute atomic E-state index is 0. The van der Waals surface area contributed by atoms with Crippen LogP contribution < -0.4 is 0 Å². The second-order valence-electron chi connectivity index (χ2n) is 5.08. The summed E-state index contributed by atoms with van der Waals surface area (Å²) in [6, 6.07) is 18.2. The van der Waals surface area contributed by atoms with Crippen molar-refractivity contribution in [1.29, 1.82) is 0 Å². The van der Waals surface area contributed by atoms with E-state index in [-0.39, 0.29) is 23.4 Å². The fraction of sp³-hybridized carbons (Fsp3) is 0.250. The maximum Gasteiger partial charge on any atom is 0 e. The van der Waals surface area contributed by atoms with Gasteiger partial charge in [-0.15, -0.1) is 0 Å². The number of aliphatic hydroxyl groups excluding tert-OH is 1.